The molecule has 170 valence electrons. The molecule has 1 fully saturated rings. The second-order valence-electron chi connectivity index (χ2n) is 9.05. The Labute approximate surface area is 191 Å². The maximum atomic E-state index is 15.0. The Morgan fingerprint density at radius 2 is 2.09 bits per heavy atom. The largest absolute Gasteiger partial charge is 0.443 e. The van der Waals surface area contributed by atoms with Crippen LogP contribution in [0.1, 0.15) is 59.3 Å². The number of fused-ring (bicyclic) bond motifs is 1. The van der Waals surface area contributed by atoms with Crippen molar-refractivity contribution in [2.24, 2.45) is 0 Å². The highest BCUT2D eigenvalue weighted by Crippen LogP contribution is 2.42. The lowest BCUT2D eigenvalue weighted by atomic mass is 9.75. The van der Waals surface area contributed by atoms with Gasteiger partial charge >= 0.3 is 0 Å². The van der Waals surface area contributed by atoms with Crippen LogP contribution in [0.5, 0.6) is 0 Å². The zero-order chi connectivity index (χ0) is 23.1. The highest BCUT2D eigenvalue weighted by molar-refractivity contribution is 5.99. The average Bonchev–Trinajstić information content (AvgIpc) is 2.78. The van der Waals surface area contributed by atoms with Gasteiger partial charge in [0.1, 0.15) is 5.82 Å². The van der Waals surface area contributed by atoms with Crippen molar-refractivity contribution in [3.05, 3.63) is 70.6 Å². The molecule has 1 aliphatic carbocycles. The van der Waals surface area contributed by atoms with Gasteiger partial charge in [0.05, 0.1) is 17.0 Å². The van der Waals surface area contributed by atoms with Gasteiger partial charge < -0.3 is 16.2 Å². The number of aromatic nitrogens is 3. The van der Waals surface area contributed by atoms with Crippen molar-refractivity contribution in [1.29, 1.82) is 0 Å². The van der Waals surface area contributed by atoms with Gasteiger partial charge in [-0.2, -0.15) is 0 Å². The number of hydrogen-bond donors (Lipinski definition) is 3. The number of nitrogens with zero attached hydrogens (tertiary/aromatic N) is 3. The molecular formula is C25H29FN6O+2. The number of halogens is 1. The fourth-order valence-electron chi connectivity index (χ4n) is 5.40. The van der Waals surface area contributed by atoms with Crippen molar-refractivity contribution in [2.45, 2.75) is 50.7 Å². The summed E-state index contributed by atoms with van der Waals surface area (Å²) in [5.74, 6) is -0.0699. The molecule has 5 rings (SSSR count). The van der Waals surface area contributed by atoms with Gasteiger partial charge in [0.15, 0.2) is 11.8 Å². The monoisotopic (exact) mass is 448 g/mol. The number of piperidine rings is 1. The SMILES string of the molecule is Cc1nc(N)nc2c1C(=[NH2+])CC(c1c(-c3cccnc3)cc(F)cc1C1CC([OH2+])CCN1)C2. The minimum Gasteiger partial charge on any atom is -0.443 e. The Balaban J connectivity index is 1.69. The van der Waals surface area contributed by atoms with E-state index in [0.29, 0.717) is 19.3 Å². The van der Waals surface area contributed by atoms with Gasteiger partial charge in [-0.25, -0.2) is 14.4 Å². The third-order valence-electron chi connectivity index (χ3n) is 6.75. The average molecular weight is 449 g/mol. The highest BCUT2D eigenvalue weighted by Gasteiger charge is 2.36. The molecule has 3 atom stereocenters. The van der Waals surface area contributed by atoms with E-state index in [2.05, 4.69) is 20.3 Å². The fraction of sp³-hybridized carbons (Fsp3) is 0.360. The summed E-state index contributed by atoms with van der Waals surface area (Å²) >= 11 is 0. The van der Waals surface area contributed by atoms with Crippen LogP contribution in [0.3, 0.4) is 0 Å². The summed E-state index contributed by atoms with van der Waals surface area (Å²) in [5.41, 5.74) is 12.8. The predicted molar refractivity (Wildman–Crippen MR) is 125 cm³/mol. The van der Waals surface area contributed by atoms with Crippen molar-refractivity contribution < 1.29 is 14.9 Å². The number of aryl methyl sites for hydroxylation is 1. The molecule has 7 nitrogen and oxygen atoms in total. The quantitative estimate of drug-likeness (QED) is 0.522. The summed E-state index contributed by atoms with van der Waals surface area (Å²) in [4.78, 5) is 13.1. The van der Waals surface area contributed by atoms with Crippen molar-refractivity contribution in [1.82, 2.24) is 20.3 Å². The summed E-state index contributed by atoms with van der Waals surface area (Å²) in [6.45, 7) is 2.64. The molecule has 2 aromatic heterocycles. The van der Waals surface area contributed by atoms with Gasteiger partial charge in [-0.3, -0.25) is 10.4 Å². The molecule has 1 aromatic carbocycles. The van der Waals surface area contributed by atoms with Gasteiger partial charge in [0.2, 0.25) is 5.95 Å². The smallest absolute Gasteiger partial charge is 0.220 e. The zero-order valence-electron chi connectivity index (χ0n) is 18.6. The summed E-state index contributed by atoms with van der Waals surface area (Å²) in [7, 11) is 0. The van der Waals surface area contributed by atoms with E-state index in [1.165, 1.54) is 0 Å². The van der Waals surface area contributed by atoms with E-state index in [9.17, 15) is 4.39 Å². The molecule has 8 heteroatoms. The third kappa shape index (κ3) is 4.12. The molecular weight excluding hydrogens is 419 g/mol. The first-order valence-corrected chi connectivity index (χ1v) is 11.3. The zero-order valence-corrected chi connectivity index (χ0v) is 18.6. The number of nitrogens with two attached hydrogens (primary N) is 2. The maximum Gasteiger partial charge on any atom is 0.220 e. The van der Waals surface area contributed by atoms with E-state index in [4.69, 9.17) is 16.2 Å². The molecule has 3 heterocycles. The van der Waals surface area contributed by atoms with Gasteiger partial charge in [-0.05, 0) is 48.2 Å². The van der Waals surface area contributed by atoms with Crippen molar-refractivity contribution >= 4 is 11.7 Å². The Hall–Kier alpha value is -3.23. The van der Waals surface area contributed by atoms with Gasteiger partial charge in [-0.15, -0.1) is 0 Å². The molecule has 0 saturated carbocycles. The van der Waals surface area contributed by atoms with E-state index in [0.717, 1.165) is 57.9 Å². The van der Waals surface area contributed by atoms with E-state index in [1.54, 1.807) is 24.5 Å². The molecule has 0 spiro atoms. The lowest BCUT2D eigenvalue weighted by Crippen LogP contribution is -2.45. The van der Waals surface area contributed by atoms with Crippen LogP contribution < -0.4 is 16.5 Å². The van der Waals surface area contributed by atoms with E-state index in [1.807, 2.05) is 19.1 Å². The van der Waals surface area contributed by atoms with E-state index >= 15 is 0 Å². The van der Waals surface area contributed by atoms with Crippen molar-refractivity contribution in [3.63, 3.8) is 0 Å². The molecule has 3 aromatic rings. The highest BCUT2D eigenvalue weighted by atomic mass is 19.1. The van der Waals surface area contributed by atoms with Gasteiger partial charge in [-0.1, -0.05) is 6.07 Å². The lowest BCUT2D eigenvalue weighted by Gasteiger charge is -2.32. The Kier molecular flexibility index (Phi) is 5.64. The summed E-state index contributed by atoms with van der Waals surface area (Å²) in [6, 6.07) is 6.92. The van der Waals surface area contributed by atoms with Crippen LogP contribution >= 0.6 is 0 Å². The molecule has 1 saturated heterocycles. The summed E-state index contributed by atoms with van der Waals surface area (Å²) in [6.07, 6.45) is 5.98. The maximum absolute atomic E-state index is 15.0. The lowest BCUT2D eigenvalue weighted by molar-refractivity contribution is -0.116. The van der Waals surface area contributed by atoms with Crippen molar-refractivity contribution in [2.75, 3.05) is 12.3 Å². The van der Waals surface area contributed by atoms with Gasteiger partial charge in [0.25, 0.3) is 0 Å². The second kappa shape index (κ2) is 8.61. The van der Waals surface area contributed by atoms with Crippen LogP contribution in [0, 0.1) is 12.7 Å². The Bertz CT molecular complexity index is 1220. The number of nitrogen functional groups attached to an aromatic ring is 1. The number of benzene rings is 1. The number of pyridine rings is 1. The second-order valence-corrected chi connectivity index (χ2v) is 9.05. The number of rotatable bonds is 3. The predicted octanol–water partition coefficient (Wildman–Crippen LogP) is 1.36. The summed E-state index contributed by atoms with van der Waals surface area (Å²) < 4.78 is 15.0. The number of anilines is 1. The first-order valence-electron chi connectivity index (χ1n) is 11.3. The van der Waals surface area contributed by atoms with Crippen LogP contribution in [0.15, 0.2) is 36.7 Å². The van der Waals surface area contributed by atoms with Crippen LogP contribution in [0.25, 0.3) is 11.1 Å². The minimum absolute atomic E-state index is 0.00934. The van der Waals surface area contributed by atoms with Crippen LogP contribution in [-0.4, -0.2) is 38.4 Å². The van der Waals surface area contributed by atoms with Crippen molar-refractivity contribution in [3.8, 4) is 11.1 Å². The Morgan fingerprint density at radius 3 is 2.85 bits per heavy atom. The minimum atomic E-state index is -0.294. The molecule has 2 aliphatic rings. The Morgan fingerprint density at radius 1 is 1.24 bits per heavy atom. The van der Waals surface area contributed by atoms with E-state index < -0.39 is 0 Å². The van der Waals surface area contributed by atoms with Crippen LogP contribution in [-0.2, 0) is 6.42 Å². The van der Waals surface area contributed by atoms with Crippen LogP contribution in [0.4, 0.5) is 10.3 Å². The normalized spacial score (nSPS) is 22.8. The molecule has 33 heavy (non-hydrogen) atoms. The third-order valence-corrected chi connectivity index (χ3v) is 6.75. The molecule has 7 N–H and O–H groups in total. The van der Waals surface area contributed by atoms with E-state index in [-0.39, 0.29) is 29.8 Å². The molecule has 0 bridgehead atoms. The first-order chi connectivity index (χ1) is 15.9. The topological polar surface area (TPSA) is 125 Å². The molecule has 3 unspecified atom stereocenters. The standard InChI is InChI=1S/C25H27FN6O/c1-13-23-20(27)7-15(8-22(23)32-25(28)31-13)24-18(14-3-2-5-29-12-14)9-16(26)10-19(24)21-11-17(33)4-6-30-21/h2-3,5,9-10,12,15,17,21,27,30,33H,4,6-8,11H2,1H3,(H2,28,31,32)/p+2. The molecule has 0 amide bonds. The van der Waals surface area contributed by atoms with Crippen LogP contribution in [0.2, 0.25) is 0 Å². The van der Waals surface area contributed by atoms with Gasteiger partial charge in [0, 0.05) is 55.7 Å². The molecule has 1 aliphatic heterocycles. The number of hydrogen-bond acceptors (Lipinski definition) is 5. The summed E-state index contributed by atoms with van der Waals surface area (Å²) in [5, 5.41) is 18.4. The first kappa shape index (κ1) is 21.6. The fourth-order valence-corrected chi connectivity index (χ4v) is 5.40. The molecule has 0 radical (unpaired) electrons. The number of nitrogens with one attached hydrogen (secondary N) is 1.